The number of hydrogen-bond donors (Lipinski definition) is 1. The van der Waals surface area contributed by atoms with Crippen molar-refractivity contribution in [2.24, 2.45) is 0 Å². The van der Waals surface area contributed by atoms with Gasteiger partial charge in [-0.25, -0.2) is 0 Å². The molecular weight excluding hydrogens is 222 g/mol. The van der Waals surface area contributed by atoms with Crippen molar-refractivity contribution in [1.82, 2.24) is 4.90 Å². The zero-order valence-electron chi connectivity index (χ0n) is 10.3. The van der Waals surface area contributed by atoms with Crippen molar-refractivity contribution in [2.75, 3.05) is 19.8 Å². The summed E-state index contributed by atoms with van der Waals surface area (Å²) in [5.74, 6) is -1.17. The molecular formula is C12H19NO4. The topological polar surface area (TPSA) is 66.8 Å². The third-order valence-corrected chi connectivity index (χ3v) is 2.97. The monoisotopic (exact) mass is 241 g/mol. The van der Waals surface area contributed by atoms with Crippen molar-refractivity contribution in [3.63, 3.8) is 0 Å². The van der Waals surface area contributed by atoms with E-state index in [-0.39, 0.29) is 18.5 Å². The van der Waals surface area contributed by atoms with Gasteiger partial charge in [-0.05, 0) is 26.7 Å². The first-order valence-corrected chi connectivity index (χ1v) is 5.79. The van der Waals surface area contributed by atoms with E-state index in [9.17, 15) is 9.59 Å². The standard InChI is InChI=1S/C12H19NO4/c1-3-9(2)12(16)13(8-11(14)15)10-4-6-17-7-5-10/h3,10H,4-8H2,1-2H3,(H,14,15)/b9-3+. The Balaban J connectivity index is 2.78. The average Bonchev–Trinajstić information content (AvgIpc) is 2.35. The molecule has 1 fully saturated rings. The number of aliphatic carboxylic acids is 1. The third-order valence-electron chi connectivity index (χ3n) is 2.97. The molecule has 1 rings (SSSR count). The van der Waals surface area contributed by atoms with E-state index in [1.165, 1.54) is 4.90 Å². The summed E-state index contributed by atoms with van der Waals surface area (Å²) in [6, 6.07) is -0.0257. The molecule has 1 saturated heterocycles. The highest BCUT2D eigenvalue weighted by Crippen LogP contribution is 2.16. The first-order valence-electron chi connectivity index (χ1n) is 5.79. The SMILES string of the molecule is C/C=C(\C)C(=O)N(CC(=O)O)C1CCOCC1. The highest BCUT2D eigenvalue weighted by Gasteiger charge is 2.27. The molecule has 0 aliphatic carbocycles. The Hall–Kier alpha value is -1.36. The third kappa shape index (κ3) is 3.85. The second-order valence-electron chi connectivity index (χ2n) is 4.14. The Morgan fingerprint density at radius 2 is 2.00 bits per heavy atom. The van der Waals surface area contributed by atoms with Gasteiger partial charge in [-0.1, -0.05) is 6.08 Å². The van der Waals surface area contributed by atoms with Gasteiger partial charge in [0.25, 0.3) is 0 Å². The smallest absolute Gasteiger partial charge is 0.323 e. The molecule has 0 atom stereocenters. The molecule has 1 amide bonds. The Morgan fingerprint density at radius 3 is 2.47 bits per heavy atom. The predicted octanol–water partition coefficient (Wildman–Crippen LogP) is 1.04. The number of carbonyl (C=O) groups is 2. The summed E-state index contributed by atoms with van der Waals surface area (Å²) < 4.78 is 5.22. The number of nitrogens with zero attached hydrogens (tertiary/aromatic N) is 1. The number of ether oxygens (including phenoxy) is 1. The van der Waals surface area contributed by atoms with Crippen LogP contribution in [-0.2, 0) is 14.3 Å². The number of carbonyl (C=O) groups excluding carboxylic acids is 1. The minimum Gasteiger partial charge on any atom is -0.480 e. The summed E-state index contributed by atoms with van der Waals surface area (Å²) >= 11 is 0. The number of carboxylic acids is 1. The Bertz CT molecular complexity index is 318. The van der Waals surface area contributed by atoms with Gasteiger partial charge < -0.3 is 14.7 Å². The van der Waals surface area contributed by atoms with Gasteiger partial charge in [0.1, 0.15) is 6.54 Å². The predicted molar refractivity (Wildman–Crippen MR) is 62.6 cm³/mol. The zero-order valence-corrected chi connectivity index (χ0v) is 10.3. The Morgan fingerprint density at radius 1 is 1.41 bits per heavy atom. The van der Waals surface area contributed by atoms with E-state index in [1.807, 2.05) is 0 Å². The molecule has 0 aromatic rings. The maximum absolute atomic E-state index is 12.1. The van der Waals surface area contributed by atoms with Crippen LogP contribution in [0.25, 0.3) is 0 Å². The summed E-state index contributed by atoms with van der Waals surface area (Å²) in [4.78, 5) is 24.3. The number of rotatable bonds is 4. The Kier molecular flexibility index (Phi) is 5.15. The lowest BCUT2D eigenvalue weighted by Crippen LogP contribution is -2.46. The number of allylic oxidation sites excluding steroid dienone is 1. The van der Waals surface area contributed by atoms with Crippen LogP contribution in [0, 0.1) is 0 Å². The fraction of sp³-hybridized carbons (Fsp3) is 0.667. The summed E-state index contributed by atoms with van der Waals surface area (Å²) in [5.41, 5.74) is 0.581. The maximum Gasteiger partial charge on any atom is 0.323 e. The highest BCUT2D eigenvalue weighted by molar-refractivity contribution is 5.94. The van der Waals surface area contributed by atoms with Crippen molar-refractivity contribution in [2.45, 2.75) is 32.7 Å². The molecule has 0 bridgehead atoms. The molecule has 5 nitrogen and oxygen atoms in total. The lowest BCUT2D eigenvalue weighted by molar-refractivity contribution is -0.145. The van der Waals surface area contributed by atoms with Crippen LogP contribution in [0.5, 0.6) is 0 Å². The van der Waals surface area contributed by atoms with Crippen molar-refractivity contribution < 1.29 is 19.4 Å². The van der Waals surface area contributed by atoms with Gasteiger partial charge in [-0.15, -0.1) is 0 Å². The minimum absolute atomic E-state index is 0.0257. The minimum atomic E-state index is -0.978. The van der Waals surface area contributed by atoms with E-state index in [0.29, 0.717) is 31.6 Å². The van der Waals surface area contributed by atoms with Crippen molar-refractivity contribution in [3.05, 3.63) is 11.6 Å². The van der Waals surface area contributed by atoms with Crippen LogP contribution >= 0.6 is 0 Å². The van der Waals surface area contributed by atoms with Gasteiger partial charge in [0.2, 0.25) is 5.91 Å². The largest absolute Gasteiger partial charge is 0.480 e. The van der Waals surface area contributed by atoms with Crippen LogP contribution in [0.4, 0.5) is 0 Å². The summed E-state index contributed by atoms with van der Waals surface area (Å²) in [7, 11) is 0. The molecule has 0 aromatic carbocycles. The van der Waals surface area contributed by atoms with E-state index in [0.717, 1.165) is 0 Å². The van der Waals surface area contributed by atoms with Crippen molar-refractivity contribution >= 4 is 11.9 Å². The fourth-order valence-electron chi connectivity index (χ4n) is 1.86. The van der Waals surface area contributed by atoms with E-state index in [2.05, 4.69) is 0 Å². The van der Waals surface area contributed by atoms with Crippen LogP contribution in [0.1, 0.15) is 26.7 Å². The molecule has 0 unspecified atom stereocenters. The molecule has 96 valence electrons. The molecule has 1 aliphatic rings. The van der Waals surface area contributed by atoms with Gasteiger partial charge in [-0.2, -0.15) is 0 Å². The van der Waals surface area contributed by atoms with Gasteiger partial charge in [0, 0.05) is 24.8 Å². The number of hydrogen-bond acceptors (Lipinski definition) is 3. The van der Waals surface area contributed by atoms with Crippen LogP contribution in [0.3, 0.4) is 0 Å². The first-order chi connectivity index (χ1) is 8.06. The van der Waals surface area contributed by atoms with Crippen LogP contribution in [-0.4, -0.2) is 47.7 Å². The second kappa shape index (κ2) is 6.39. The molecule has 1 aliphatic heterocycles. The number of carboxylic acid groups (broad SMARTS) is 1. The summed E-state index contributed by atoms with van der Waals surface area (Å²) in [5, 5.41) is 8.87. The van der Waals surface area contributed by atoms with Gasteiger partial charge >= 0.3 is 5.97 Å². The normalized spacial score (nSPS) is 17.9. The van der Waals surface area contributed by atoms with E-state index >= 15 is 0 Å². The first kappa shape index (κ1) is 13.7. The van der Waals surface area contributed by atoms with Crippen LogP contribution in [0.2, 0.25) is 0 Å². The van der Waals surface area contributed by atoms with Gasteiger partial charge in [0.05, 0.1) is 0 Å². The molecule has 0 aromatic heterocycles. The molecule has 17 heavy (non-hydrogen) atoms. The molecule has 1 N–H and O–H groups in total. The van der Waals surface area contributed by atoms with E-state index in [1.54, 1.807) is 19.9 Å². The van der Waals surface area contributed by atoms with Crippen molar-refractivity contribution in [3.8, 4) is 0 Å². The van der Waals surface area contributed by atoms with Gasteiger partial charge in [0.15, 0.2) is 0 Å². The average molecular weight is 241 g/mol. The number of amides is 1. The van der Waals surface area contributed by atoms with E-state index in [4.69, 9.17) is 9.84 Å². The van der Waals surface area contributed by atoms with Crippen LogP contribution in [0.15, 0.2) is 11.6 Å². The molecule has 0 saturated carbocycles. The lowest BCUT2D eigenvalue weighted by Gasteiger charge is -2.33. The van der Waals surface area contributed by atoms with Crippen molar-refractivity contribution in [1.29, 1.82) is 0 Å². The van der Waals surface area contributed by atoms with E-state index < -0.39 is 5.97 Å². The highest BCUT2D eigenvalue weighted by atomic mass is 16.5. The lowest BCUT2D eigenvalue weighted by atomic mass is 10.1. The molecule has 0 radical (unpaired) electrons. The summed E-state index contributed by atoms with van der Waals surface area (Å²) in [6.45, 7) is 4.41. The quantitative estimate of drug-likeness (QED) is 0.747. The fourth-order valence-corrected chi connectivity index (χ4v) is 1.86. The maximum atomic E-state index is 12.1. The zero-order chi connectivity index (χ0) is 12.8. The molecule has 0 spiro atoms. The van der Waals surface area contributed by atoms with Crippen LogP contribution < -0.4 is 0 Å². The van der Waals surface area contributed by atoms with Gasteiger partial charge in [-0.3, -0.25) is 9.59 Å². The molecule has 1 heterocycles. The molecule has 5 heteroatoms. The second-order valence-corrected chi connectivity index (χ2v) is 4.14. The summed E-state index contributed by atoms with van der Waals surface area (Å²) in [6.07, 6.45) is 3.11. The Labute approximate surface area is 101 Å².